The van der Waals surface area contributed by atoms with Crippen LogP contribution in [-0.2, 0) is 10.5 Å². The lowest BCUT2D eigenvalue weighted by atomic mass is 9.96. The third-order valence-corrected chi connectivity index (χ3v) is 6.03. The molecule has 0 bridgehead atoms. The van der Waals surface area contributed by atoms with Crippen LogP contribution in [0.4, 0.5) is 0 Å². The van der Waals surface area contributed by atoms with E-state index in [0.29, 0.717) is 37.2 Å². The van der Waals surface area contributed by atoms with Crippen LogP contribution in [0.15, 0.2) is 53.7 Å². The molecule has 0 spiro atoms. The Hall–Kier alpha value is -2.80. The van der Waals surface area contributed by atoms with Gasteiger partial charge in [0.1, 0.15) is 0 Å². The second-order valence-corrected chi connectivity index (χ2v) is 7.87. The average Bonchev–Trinajstić information content (AvgIpc) is 3.15. The highest BCUT2D eigenvalue weighted by molar-refractivity contribution is 7.98. The number of aliphatic carboxylic acids is 1. The molecule has 0 unspecified atom stereocenters. The van der Waals surface area contributed by atoms with Gasteiger partial charge < -0.3 is 15.0 Å². The van der Waals surface area contributed by atoms with Gasteiger partial charge in [-0.3, -0.25) is 9.59 Å². The first-order valence-corrected chi connectivity index (χ1v) is 10.3. The number of thioether (sulfide) groups is 1. The van der Waals surface area contributed by atoms with E-state index in [2.05, 4.69) is 9.97 Å². The van der Waals surface area contributed by atoms with E-state index in [1.807, 2.05) is 48.5 Å². The number of hydrogen-bond acceptors (Lipinski definition) is 4. The topological polar surface area (TPSA) is 86.3 Å². The Kier molecular flexibility index (Phi) is 5.34. The molecule has 0 radical (unpaired) electrons. The fraction of sp³-hybridized carbons (Fsp3) is 0.286. The van der Waals surface area contributed by atoms with Crippen LogP contribution in [0.3, 0.4) is 0 Å². The van der Waals surface area contributed by atoms with Crippen molar-refractivity contribution in [2.75, 3.05) is 13.1 Å². The van der Waals surface area contributed by atoms with Gasteiger partial charge in [0.25, 0.3) is 5.91 Å². The molecule has 3 aromatic rings. The summed E-state index contributed by atoms with van der Waals surface area (Å²) in [5.74, 6) is -0.504. The van der Waals surface area contributed by atoms with Crippen LogP contribution in [0.2, 0.25) is 0 Å². The van der Waals surface area contributed by atoms with E-state index in [9.17, 15) is 9.59 Å². The van der Waals surface area contributed by atoms with Crippen LogP contribution in [0.5, 0.6) is 0 Å². The van der Waals surface area contributed by atoms with E-state index in [1.165, 1.54) is 0 Å². The molecule has 7 heteroatoms. The maximum atomic E-state index is 13.0. The molecule has 28 heavy (non-hydrogen) atoms. The van der Waals surface area contributed by atoms with Crippen LogP contribution in [0.25, 0.3) is 11.0 Å². The second-order valence-electron chi connectivity index (χ2n) is 6.91. The van der Waals surface area contributed by atoms with Gasteiger partial charge >= 0.3 is 5.97 Å². The van der Waals surface area contributed by atoms with Crippen molar-refractivity contribution in [2.45, 2.75) is 23.8 Å². The second kappa shape index (κ2) is 8.06. The first-order chi connectivity index (χ1) is 13.6. The number of carbonyl (C=O) groups is 2. The van der Waals surface area contributed by atoms with Gasteiger partial charge in [0.05, 0.1) is 17.0 Å². The Labute approximate surface area is 167 Å². The number of amides is 1. The van der Waals surface area contributed by atoms with E-state index in [4.69, 9.17) is 5.11 Å². The van der Waals surface area contributed by atoms with E-state index < -0.39 is 5.97 Å². The number of carboxylic acids is 1. The number of nitrogens with zero attached hydrogens (tertiary/aromatic N) is 2. The third kappa shape index (κ3) is 3.89. The lowest BCUT2D eigenvalue weighted by Crippen LogP contribution is -2.40. The van der Waals surface area contributed by atoms with Gasteiger partial charge in [-0.15, -0.1) is 0 Å². The van der Waals surface area contributed by atoms with E-state index >= 15 is 0 Å². The highest BCUT2D eigenvalue weighted by Crippen LogP contribution is 2.26. The highest BCUT2D eigenvalue weighted by Gasteiger charge is 2.28. The first kappa shape index (κ1) is 18.6. The molecule has 144 valence electrons. The van der Waals surface area contributed by atoms with Gasteiger partial charge in [-0.25, -0.2) is 4.98 Å². The standard InChI is InChI=1S/C21H21N3O3S/c25-19(24-11-9-14(10-12-24)20(26)27)16-6-2-1-5-15(16)13-28-21-22-17-7-3-4-8-18(17)23-21/h1-8,14H,9-13H2,(H,22,23)(H,26,27). The van der Waals surface area contributed by atoms with Crippen molar-refractivity contribution in [3.05, 3.63) is 59.7 Å². The number of H-pyrrole nitrogens is 1. The molecule has 1 aliphatic heterocycles. The monoisotopic (exact) mass is 395 g/mol. The van der Waals surface area contributed by atoms with Crippen molar-refractivity contribution in [1.82, 2.24) is 14.9 Å². The van der Waals surface area contributed by atoms with E-state index in [1.54, 1.807) is 16.7 Å². The van der Waals surface area contributed by atoms with Gasteiger partial charge in [-0.2, -0.15) is 0 Å². The Morgan fingerprint density at radius 1 is 1.11 bits per heavy atom. The predicted octanol–water partition coefficient (Wildman–Crippen LogP) is 3.79. The maximum Gasteiger partial charge on any atom is 0.306 e. The van der Waals surface area contributed by atoms with Crippen LogP contribution in [-0.4, -0.2) is 44.9 Å². The van der Waals surface area contributed by atoms with Crippen LogP contribution in [0.1, 0.15) is 28.8 Å². The predicted molar refractivity (Wildman–Crippen MR) is 108 cm³/mol. The minimum Gasteiger partial charge on any atom is -0.481 e. The number of imidazole rings is 1. The molecule has 6 nitrogen and oxygen atoms in total. The van der Waals surface area contributed by atoms with Gasteiger partial charge in [0.2, 0.25) is 0 Å². The molecular weight excluding hydrogens is 374 g/mol. The van der Waals surface area contributed by atoms with Crippen molar-refractivity contribution in [3.8, 4) is 0 Å². The third-order valence-electron chi connectivity index (χ3n) is 5.11. The van der Waals surface area contributed by atoms with E-state index in [-0.39, 0.29) is 11.8 Å². The fourth-order valence-corrected chi connectivity index (χ4v) is 4.39. The Morgan fingerprint density at radius 2 is 1.82 bits per heavy atom. The molecule has 2 aromatic carbocycles. The molecule has 0 atom stereocenters. The summed E-state index contributed by atoms with van der Waals surface area (Å²) in [5.41, 5.74) is 3.56. The number of hydrogen-bond donors (Lipinski definition) is 2. The number of carbonyl (C=O) groups excluding carboxylic acids is 1. The average molecular weight is 395 g/mol. The van der Waals surface area contributed by atoms with Crippen LogP contribution >= 0.6 is 11.8 Å². The lowest BCUT2D eigenvalue weighted by Gasteiger charge is -2.30. The van der Waals surface area contributed by atoms with Gasteiger partial charge in [0.15, 0.2) is 5.16 Å². The summed E-state index contributed by atoms with van der Waals surface area (Å²) >= 11 is 1.57. The Balaban J connectivity index is 1.46. The summed E-state index contributed by atoms with van der Waals surface area (Å²) in [7, 11) is 0. The zero-order chi connectivity index (χ0) is 19.5. The van der Waals surface area contributed by atoms with Crippen molar-refractivity contribution in [3.63, 3.8) is 0 Å². The molecular formula is C21H21N3O3S. The number of piperidine rings is 1. The molecule has 1 aliphatic rings. The summed E-state index contributed by atoms with van der Waals surface area (Å²) < 4.78 is 0. The molecule has 0 aliphatic carbocycles. The number of para-hydroxylation sites is 2. The molecule has 2 heterocycles. The van der Waals surface area contributed by atoms with E-state index in [0.717, 1.165) is 21.8 Å². The largest absolute Gasteiger partial charge is 0.481 e. The van der Waals surface area contributed by atoms with Crippen molar-refractivity contribution >= 4 is 34.7 Å². The summed E-state index contributed by atoms with van der Waals surface area (Å²) in [6.45, 7) is 0.974. The lowest BCUT2D eigenvalue weighted by molar-refractivity contribution is -0.143. The van der Waals surface area contributed by atoms with Gasteiger partial charge in [-0.05, 0) is 36.6 Å². The summed E-state index contributed by atoms with van der Waals surface area (Å²) in [4.78, 5) is 33.8. The molecule has 0 saturated carbocycles. The quantitative estimate of drug-likeness (QED) is 0.642. The zero-order valence-electron chi connectivity index (χ0n) is 15.3. The first-order valence-electron chi connectivity index (χ1n) is 9.29. The number of likely N-dealkylation sites (tertiary alicyclic amines) is 1. The minimum absolute atomic E-state index is 0.0235. The molecule has 1 amide bonds. The van der Waals surface area contributed by atoms with Crippen molar-refractivity contribution < 1.29 is 14.7 Å². The van der Waals surface area contributed by atoms with Gasteiger partial charge in [-0.1, -0.05) is 42.1 Å². The maximum absolute atomic E-state index is 13.0. The highest BCUT2D eigenvalue weighted by atomic mass is 32.2. The molecule has 4 rings (SSSR count). The van der Waals surface area contributed by atoms with Crippen LogP contribution in [0, 0.1) is 5.92 Å². The Morgan fingerprint density at radius 3 is 2.57 bits per heavy atom. The van der Waals surface area contributed by atoms with Crippen molar-refractivity contribution in [1.29, 1.82) is 0 Å². The summed E-state index contributed by atoms with van der Waals surface area (Å²) in [6.07, 6.45) is 1.02. The number of aromatic nitrogens is 2. The number of aromatic amines is 1. The zero-order valence-corrected chi connectivity index (χ0v) is 16.1. The normalized spacial score (nSPS) is 15.1. The SMILES string of the molecule is O=C(O)C1CCN(C(=O)c2ccccc2CSc2nc3ccccc3[nH]2)CC1. The molecule has 2 N–H and O–H groups in total. The minimum atomic E-state index is -0.769. The Bertz CT molecular complexity index is 976. The number of rotatable bonds is 5. The van der Waals surface area contributed by atoms with Gasteiger partial charge in [0, 0.05) is 24.4 Å². The molecule has 1 saturated heterocycles. The number of benzene rings is 2. The molecule has 1 aromatic heterocycles. The summed E-state index contributed by atoms with van der Waals surface area (Å²) in [6, 6.07) is 15.5. The number of carboxylic acid groups (broad SMARTS) is 1. The fourth-order valence-electron chi connectivity index (χ4n) is 3.50. The van der Waals surface area contributed by atoms with Crippen LogP contribution < -0.4 is 0 Å². The summed E-state index contributed by atoms with van der Waals surface area (Å²) in [5, 5.41) is 9.96. The smallest absolute Gasteiger partial charge is 0.306 e. The van der Waals surface area contributed by atoms with Crippen molar-refractivity contribution in [2.24, 2.45) is 5.92 Å². The number of nitrogens with one attached hydrogen (secondary N) is 1. The molecule has 1 fully saturated rings. The number of fused-ring (bicyclic) bond motifs is 1.